The predicted molar refractivity (Wildman–Crippen MR) is 142 cm³/mol. The van der Waals surface area contributed by atoms with E-state index in [1.54, 1.807) is 4.57 Å². The third kappa shape index (κ3) is 5.21. The summed E-state index contributed by atoms with van der Waals surface area (Å²) in [7, 11) is 0. The fourth-order valence-electron chi connectivity index (χ4n) is 4.42. The molecule has 36 heavy (non-hydrogen) atoms. The molecule has 1 aromatic heterocycles. The number of nitrogens with one attached hydrogen (secondary N) is 1. The number of benzene rings is 3. The van der Waals surface area contributed by atoms with Gasteiger partial charge in [-0.05, 0) is 11.1 Å². The lowest BCUT2D eigenvalue weighted by Crippen LogP contribution is -2.52. The molecule has 0 amide bonds. The minimum Gasteiger partial charge on any atom is -0.379 e. The summed E-state index contributed by atoms with van der Waals surface area (Å²) in [5, 5.41) is 3.55. The molecule has 1 saturated heterocycles. The Balaban J connectivity index is 1.40. The number of halogens is 1. The molecule has 0 radical (unpaired) electrons. The highest BCUT2D eigenvalue weighted by molar-refractivity contribution is 6.32. The van der Waals surface area contributed by atoms with Crippen LogP contribution in [0.5, 0.6) is 0 Å². The number of rotatable bonds is 10. The minimum absolute atomic E-state index is 0.205. The van der Waals surface area contributed by atoms with Gasteiger partial charge in [0.15, 0.2) is 11.0 Å². The zero-order valence-electron chi connectivity index (χ0n) is 19.9. The molecular formula is C29H28ClN3O3. The molecule has 6 nitrogen and oxygen atoms in total. The molecule has 0 aliphatic carbocycles. The number of aromatic nitrogens is 2. The second-order valence-electron chi connectivity index (χ2n) is 8.95. The first kappa shape index (κ1) is 24.3. The molecule has 4 aromatic rings. The van der Waals surface area contributed by atoms with E-state index in [9.17, 15) is 4.79 Å². The Hall–Kier alpha value is -3.45. The number of hydrogen-bond donors (Lipinski definition) is 1. The van der Waals surface area contributed by atoms with Crippen molar-refractivity contribution in [3.8, 4) is 11.3 Å². The Morgan fingerprint density at radius 2 is 1.58 bits per heavy atom. The fraction of sp³-hybridized carbons (Fsp3) is 0.241. The van der Waals surface area contributed by atoms with Crippen molar-refractivity contribution in [3.05, 3.63) is 118 Å². The van der Waals surface area contributed by atoms with E-state index < -0.39 is 0 Å². The Morgan fingerprint density at radius 1 is 0.944 bits per heavy atom. The van der Waals surface area contributed by atoms with Gasteiger partial charge in [0.25, 0.3) is 5.56 Å². The maximum absolute atomic E-state index is 13.6. The number of anilines is 1. The van der Waals surface area contributed by atoms with Crippen molar-refractivity contribution in [2.24, 2.45) is 0 Å². The van der Waals surface area contributed by atoms with E-state index in [1.165, 1.54) is 5.56 Å². The third-order valence-corrected chi connectivity index (χ3v) is 6.74. The molecule has 0 bridgehead atoms. The van der Waals surface area contributed by atoms with Gasteiger partial charge in [-0.25, -0.2) is 4.98 Å². The lowest BCUT2D eigenvalue weighted by Gasteiger charge is -2.42. The van der Waals surface area contributed by atoms with Gasteiger partial charge in [-0.3, -0.25) is 9.36 Å². The van der Waals surface area contributed by atoms with Gasteiger partial charge in [-0.2, -0.15) is 0 Å². The van der Waals surface area contributed by atoms with Crippen LogP contribution in [0.1, 0.15) is 11.1 Å². The molecule has 0 saturated carbocycles. The van der Waals surface area contributed by atoms with E-state index in [0.717, 1.165) is 11.1 Å². The Kier molecular flexibility index (Phi) is 7.47. The van der Waals surface area contributed by atoms with Gasteiger partial charge in [-0.1, -0.05) is 103 Å². The van der Waals surface area contributed by atoms with Crippen LogP contribution in [0.15, 0.2) is 95.8 Å². The maximum atomic E-state index is 13.6. The van der Waals surface area contributed by atoms with Gasteiger partial charge in [0.1, 0.15) is 0 Å². The van der Waals surface area contributed by atoms with Gasteiger partial charge in [0.05, 0.1) is 37.5 Å². The van der Waals surface area contributed by atoms with E-state index in [4.69, 9.17) is 21.1 Å². The predicted octanol–water partition coefficient (Wildman–Crippen LogP) is 5.16. The van der Waals surface area contributed by atoms with Gasteiger partial charge in [0, 0.05) is 18.7 Å². The smallest absolute Gasteiger partial charge is 0.293 e. The summed E-state index contributed by atoms with van der Waals surface area (Å²) in [6, 6.07) is 29.8. The van der Waals surface area contributed by atoms with E-state index in [0.29, 0.717) is 45.2 Å². The van der Waals surface area contributed by atoms with Crippen molar-refractivity contribution in [3.63, 3.8) is 0 Å². The molecule has 0 unspecified atom stereocenters. The molecule has 1 aliphatic heterocycles. The highest BCUT2D eigenvalue weighted by Gasteiger charge is 2.40. The zero-order valence-corrected chi connectivity index (χ0v) is 20.7. The van der Waals surface area contributed by atoms with Gasteiger partial charge in [-0.15, -0.1) is 0 Å². The monoisotopic (exact) mass is 501 g/mol. The molecule has 0 atom stereocenters. The molecule has 0 spiro atoms. The fourth-order valence-corrected chi connectivity index (χ4v) is 4.72. The largest absolute Gasteiger partial charge is 0.379 e. The van der Waals surface area contributed by atoms with Crippen molar-refractivity contribution >= 4 is 17.4 Å². The van der Waals surface area contributed by atoms with Crippen molar-refractivity contribution in [2.45, 2.75) is 18.6 Å². The van der Waals surface area contributed by atoms with Crippen LogP contribution in [0, 0.1) is 0 Å². The summed E-state index contributed by atoms with van der Waals surface area (Å²) < 4.78 is 13.1. The summed E-state index contributed by atoms with van der Waals surface area (Å²) in [4.78, 5) is 18.1. The van der Waals surface area contributed by atoms with Crippen molar-refractivity contribution in [1.29, 1.82) is 0 Å². The van der Waals surface area contributed by atoms with Crippen LogP contribution in [-0.2, 0) is 28.0 Å². The van der Waals surface area contributed by atoms with Crippen molar-refractivity contribution in [2.75, 3.05) is 31.7 Å². The first-order valence-corrected chi connectivity index (χ1v) is 12.4. The molecule has 1 fully saturated rings. The summed E-state index contributed by atoms with van der Waals surface area (Å²) >= 11 is 6.69. The molecule has 1 N–H and O–H groups in total. The van der Waals surface area contributed by atoms with Gasteiger partial charge in [0.2, 0.25) is 0 Å². The summed E-state index contributed by atoms with van der Waals surface area (Å²) in [6.07, 6.45) is 0. The highest BCUT2D eigenvalue weighted by Crippen LogP contribution is 2.33. The molecule has 184 valence electrons. The van der Waals surface area contributed by atoms with E-state index in [1.807, 2.05) is 78.9 Å². The van der Waals surface area contributed by atoms with Crippen LogP contribution < -0.4 is 10.9 Å². The van der Waals surface area contributed by atoms with Gasteiger partial charge < -0.3 is 14.8 Å². The van der Waals surface area contributed by atoms with Crippen molar-refractivity contribution in [1.82, 2.24) is 9.55 Å². The summed E-state index contributed by atoms with van der Waals surface area (Å²) in [5.41, 5.74) is 3.23. The van der Waals surface area contributed by atoms with Crippen molar-refractivity contribution < 1.29 is 9.47 Å². The molecule has 2 heterocycles. The second kappa shape index (κ2) is 11.1. The SMILES string of the molecule is O=c1c(NCC2(c3ccccc3)COC2)nc(Cl)c(-c2ccccc2)n1CCOCc1ccccc1. The Morgan fingerprint density at radius 3 is 2.22 bits per heavy atom. The lowest BCUT2D eigenvalue weighted by atomic mass is 9.78. The molecular weight excluding hydrogens is 474 g/mol. The molecule has 5 rings (SSSR count). The number of nitrogens with zero attached hydrogens (tertiary/aromatic N) is 2. The lowest BCUT2D eigenvalue weighted by molar-refractivity contribution is -0.0529. The second-order valence-corrected chi connectivity index (χ2v) is 9.31. The van der Waals surface area contributed by atoms with Gasteiger partial charge >= 0.3 is 0 Å². The van der Waals surface area contributed by atoms with Crippen LogP contribution in [0.3, 0.4) is 0 Å². The third-order valence-electron chi connectivity index (χ3n) is 6.48. The minimum atomic E-state index is -0.231. The Bertz CT molecular complexity index is 1340. The average molecular weight is 502 g/mol. The zero-order chi connectivity index (χ0) is 24.8. The topological polar surface area (TPSA) is 65.4 Å². The first-order chi connectivity index (χ1) is 17.7. The Labute approximate surface area is 215 Å². The van der Waals surface area contributed by atoms with Crippen LogP contribution >= 0.6 is 11.6 Å². The highest BCUT2D eigenvalue weighted by atomic mass is 35.5. The maximum Gasteiger partial charge on any atom is 0.293 e. The average Bonchev–Trinajstić information content (AvgIpc) is 2.90. The van der Waals surface area contributed by atoms with Crippen LogP contribution in [0.4, 0.5) is 5.82 Å². The number of ether oxygens (including phenoxy) is 2. The van der Waals surface area contributed by atoms with Crippen LogP contribution in [0.25, 0.3) is 11.3 Å². The summed E-state index contributed by atoms with van der Waals surface area (Å²) in [6.45, 7) is 2.86. The van der Waals surface area contributed by atoms with E-state index in [-0.39, 0.29) is 21.9 Å². The summed E-state index contributed by atoms with van der Waals surface area (Å²) in [5.74, 6) is 0.227. The van der Waals surface area contributed by atoms with Crippen LogP contribution in [0.2, 0.25) is 5.15 Å². The normalized spacial score (nSPS) is 14.2. The van der Waals surface area contributed by atoms with E-state index >= 15 is 0 Å². The van der Waals surface area contributed by atoms with E-state index in [2.05, 4.69) is 22.4 Å². The molecule has 7 heteroatoms. The quantitative estimate of drug-likeness (QED) is 0.304. The first-order valence-electron chi connectivity index (χ1n) is 12.0. The van der Waals surface area contributed by atoms with Crippen LogP contribution in [-0.4, -0.2) is 35.9 Å². The molecule has 1 aliphatic rings. The standard InChI is InChI=1S/C29H28ClN3O3/c30-26-25(23-12-6-2-7-13-23)33(16-17-35-18-22-10-4-1-5-11-22)28(34)27(32-26)31-19-29(20-36-21-29)24-14-8-3-9-15-24/h1-15H,16-21H2,(H,31,32). The molecule has 3 aromatic carbocycles. The number of hydrogen-bond acceptors (Lipinski definition) is 5.